The normalized spacial score (nSPS) is 20.4. The highest BCUT2D eigenvalue weighted by Crippen LogP contribution is 2.26. The molecule has 1 saturated heterocycles. The molecule has 0 N–H and O–H groups in total. The van der Waals surface area contributed by atoms with Gasteiger partial charge in [-0.25, -0.2) is 4.79 Å². The molecule has 1 aliphatic rings. The molecule has 3 nitrogen and oxygen atoms in total. The quantitative estimate of drug-likeness (QED) is 0.226. The Bertz CT molecular complexity index is 452. The summed E-state index contributed by atoms with van der Waals surface area (Å²) in [6, 6.07) is 0.455. The number of carbonyl (C=O) groups excluding carboxylic acids is 1. The van der Waals surface area contributed by atoms with E-state index in [-0.39, 0.29) is 18.2 Å². The van der Waals surface area contributed by atoms with Crippen molar-refractivity contribution in [1.82, 2.24) is 4.90 Å². The molecule has 0 aromatic carbocycles. The van der Waals surface area contributed by atoms with Gasteiger partial charge in [0.1, 0.15) is 5.60 Å². The molecule has 0 aromatic heterocycles. The topological polar surface area (TPSA) is 29.5 Å². The lowest BCUT2D eigenvalue weighted by molar-refractivity contribution is 0.00358. The maximum Gasteiger partial charge on any atom is 0.411 e. The van der Waals surface area contributed by atoms with Gasteiger partial charge in [0.2, 0.25) is 0 Å². The minimum atomic E-state index is -0.433. The van der Waals surface area contributed by atoms with Gasteiger partial charge in [0.25, 0.3) is 0 Å². The number of allylic oxidation sites excluding steroid dienone is 1. The molecule has 1 rings (SSSR count). The Balaban J connectivity index is 2.19. The Labute approximate surface area is 181 Å². The first kappa shape index (κ1) is 26.0. The molecule has 1 amide bonds. The first-order valence-corrected chi connectivity index (χ1v) is 12.5. The highest BCUT2D eigenvalue weighted by molar-refractivity contribution is 5.69. The van der Waals surface area contributed by atoms with Crippen LogP contribution in [0.15, 0.2) is 12.2 Å². The SMILES string of the molecule is CCCCCCCCCCCCC/C=C/[C@H]1CCC[C@H](C)N1C(=O)OC(C)(C)C. The average molecular weight is 408 g/mol. The highest BCUT2D eigenvalue weighted by atomic mass is 16.6. The molecule has 0 aromatic rings. The van der Waals surface area contributed by atoms with Gasteiger partial charge in [-0.05, 0) is 59.8 Å². The smallest absolute Gasteiger partial charge is 0.411 e. The first-order chi connectivity index (χ1) is 13.8. The number of hydrogen-bond donors (Lipinski definition) is 0. The average Bonchev–Trinajstić information content (AvgIpc) is 2.64. The third-order valence-corrected chi connectivity index (χ3v) is 5.89. The van der Waals surface area contributed by atoms with E-state index in [0.29, 0.717) is 0 Å². The van der Waals surface area contributed by atoms with Crippen molar-refractivity contribution in [2.75, 3.05) is 0 Å². The lowest BCUT2D eigenvalue weighted by atomic mass is 9.96. The summed E-state index contributed by atoms with van der Waals surface area (Å²) in [5.74, 6) is 0. The van der Waals surface area contributed by atoms with Crippen molar-refractivity contribution in [2.24, 2.45) is 0 Å². The Hall–Kier alpha value is -0.990. The van der Waals surface area contributed by atoms with Crippen molar-refractivity contribution in [3.63, 3.8) is 0 Å². The van der Waals surface area contributed by atoms with E-state index in [1.54, 1.807) is 0 Å². The van der Waals surface area contributed by atoms with E-state index < -0.39 is 5.60 Å². The van der Waals surface area contributed by atoms with Crippen LogP contribution in [0.1, 0.15) is 131 Å². The molecule has 1 aliphatic heterocycles. The Kier molecular flexibility index (Phi) is 13.4. The molecule has 29 heavy (non-hydrogen) atoms. The lowest BCUT2D eigenvalue weighted by Gasteiger charge is -2.40. The molecule has 1 heterocycles. The molecule has 170 valence electrons. The van der Waals surface area contributed by atoms with Crippen LogP contribution in [0.5, 0.6) is 0 Å². The summed E-state index contributed by atoms with van der Waals surface area (Å²) < 4.78 is 5.65. The van der Waals surface area contributed by atoms with Crippen molar-refractivity contribution in [3.05, 3.63) is 12.2 Å². The summed E-state index contributed by atoms with van der Waals surface area (Å²) in [6.07, 6.45) is 24.1. The third-order valence-electron chi connectivity index (χ3n) is 5.89. The summed E-state index contributed by atoms with van der Waals surface area (Å²) in [5.41, 5.74) is -0.433. The zero-order valence-electron chi connectivity index (χ0n) is 20.2. The van der Waals surface area contributed by atoms with Gasteiger partial charge in [0, 0.05) is 6.04 Å². The van der Waals surface area contributed by atoms with Crippen LogP contribution in [0.25, 0.3) is 0 Å². The monoisotopic (exact) mass is 407 g/mol. The lowest BCUT2D eigenvalue weighted by Crippen LogP contribution is -2.49. The molecule has 0 aliphatic carbocycles. The molecule has 0 saturated carbocycles. The summed E-state index contributed by atoms with van der Waals surface area (Å²) >= 11 is 0. The molecule has 2 atom stereocenters. The summed E-state index contributed by atoms with van der Waals surface area (Å²) in [4.78, 5) is 14.6. The number of carbonyl (C=O) groups is 1. The molecule has 3 heteroatoms. The number of likely N-dealkylation sites (tertiary alicyclic amines) is 1. The second-order valence-electron chi connectivity index (χ2n) is 9.99. The van der Waals surface area contributed by atoms with Crippen LogP contribution in [0.2, 0.25) is 0 Å². The Morgan fingerprint density at radius 1 is 0.931 bits per heavy atom. The van der Waals surface area contributed by atoms with Gasteiger partial charge in [-0.2, -0.15) is 0 Å². The predicted octanol–water partition coefficient (Wildman–Crippen LogP) is 8.42. The van der Waals surface area contributed by atoms with Crippen LogP contribution in [0.3, 0.4) is 0 Å². The van der Waals surface area contributed by atoms with Crippen LogP contribution in [0.4, 0.5) is 4.79 Å². The number of ether oxygens (including phenoxy) is 1. The van der Waals surface area contributed by atoms with Gasteiger partial charge in [0.05, 0.1) is 6.04 Å². The number of piperidine rings is 1. The fourth-order valence-electron chi connectivity index (χ4n) is 4.23. The van der Waals surface area contributed by atoms with Crippen LogP contribution in [-0.4, -0.2) is 28.7 Å². The van der Waals surface area contributed by atoms with E-state index in [1.807, 2.05) is 25.7 Å². The maximum atomic E-state index is 12.6. The second kappa shape index (κ2) is 14.9. The first-order valence-electron chi connectivity index (χ1n) is 12.5. The third kappa shape index (κ3) is 12.3. The van der Waals surface area contributed by atoms with Gasteiger partial charge in [0.15, 0.2) is 0 Å². The van der Waals surface area contributed by atoms with Crippen molar-refractivity contribution in [1.29, 1.82) is 0 Å². The molecule has 0 bridgehead atoms. The van der Waals surface area contributed by atoms with E-state index in [2.05, 4.69) is 26.0 Å². The van der Waals surface area contributed by atoms with Crippen LogP contribution < -0.4 is 0 Å². The molecular weight excluding hydrogens is 358 g/mol. The molecule has 0 spiro atoms. The van der Waals surface area contributed by atoms with Gasteiger partial charge in [-0.15, -0.1) is 0 Å². The maximum absolute atomic E-state index is 12.6. The Morgan fingerprint density at radius 2 is 1.48 bits per heavy atom. The summed E-state index contributed by atoms with van der Waals surface area (Å²) in [5, 5.41) is 0. The zero-order valence-corrected chi connectivity index (χ0v) is 20.2. The second-order valence-corrected chi connectivity index (χ2v) is 9.99. The predicted molar refractivity (Wildman–Crippen MR) is 125 cm³/mol. The van der Waals surface area contributed by atoms with Crippen LogP contribution in [-0.2, 0) is 4.74 Å². The number of hydrogen-bond acceptors (Lipinski definition) is 2. The largest absolute Gasteiger partial charge is 0.444 e. The van der Waals surface area contributed by atoms with E-state index in [9.17, 15) is 4.79 Å². The zero-order chi connectivity index (χ0) is 21.5. The van der Waals surface area contributed by atoms with Crippen LogP contribution >= 0.6 is 0 Å². The fourth-order valence-corrected chi connectivity index (χ4v) is 4.23. The van der Waals surface area contributed by atoms with E-state index in [0.717, 1.165) is 19.3 Å². The number of amides is 1. The Morgan fingerprint density at radius 3 is 2.03 bits per heavy atom. The van der Waals surface area contributed by atoms with E-state index >= 15 is 0 Å². The van der Waals surface area contributed by atoms with Gasteiger partial charge >= 0.3 is 6.09 Å². The van der Waals surface area contributed by atoms with Gasteiger partial charge < -0.3 is 4.74 Å². The van der Waals surface area contributed by atoms with Crippen molar-refractivity contribution >= 4 is 6.09 Å². The molecular formula is C26H49NO2. The van der Waals surface area contributed by atoms with Crippen LogP contribution in [0, 0.1) is 0 Å². The van der Waals surface area contributed by atoms with E-state index in [1.165, 1.54) is 77.0 Å². The molecule has 0 radical (unpaired) electrons. The highest BCUT2D eigenvalue weighted by Gasteiger charge is 2.33. The summed E-state index contributed by atoms with van der Waals surface area (Å²) in [7, 11) is 0. The van der Waals surface area contributed by atoms with Crippen molar-refractivity contribution in [2.45, 2.75) is 149 Å². The van der Waals surface area contributed by atoms with Crippen molar-refractivity contribution < 1.29 is 9.53 Å². The standard InChI is InChI=1S/C26H49NO2/c1-6-7-8-9-10-11-12-13-14-15-16-17-18-21-24-22-19-20-23(2)27(24)25(28)29-26(3,4)5/h18,21,23-24H,6-17,19-20,22H2,1-5H3/b21-18+/t23-,24-/m0/s1. The summed E-state index contributed by atoms with van der Waals surface area (Å²) in [6.45, 7) is 10.3. The van der Waals surface area contributed by atoms with Gasteiger partial charge in [-0.1, -0.05) is 83.3 Å². The minimum Gasteiger partial charge on any atom is -0.444 e. The fraction of sp³-hybridized carbons (Fsp3) is 0.885. The number of rotatable bonds is 13. The number of unbranched alkanes of at least 4 members (excludes halogenated alkanes) is 11. The number of nitrogens with zero attached hydrogens (tertiary/aromatic N) is 1. The van der Waals surface area contributed by atoms with Gasteiger partial charge in [-0.3, -0.25) is 4.90 Å². The molecule has 1 fully saturated rings. The van der Waals surface area contributed by atoms with Crippen molar-refractivity contribution in [3.8, 4) is 0 Å². The minimum absolute atomic E-state index is 0.158. The molecule has 0 unspecified atom stereocenters. The van der Waals surface area contributed by atoms with E-state index in [4.69, 9.17) is 4.74 Å².